The van der Waals surface area contributed by atoms with Crippen molar-refractivity contribution in [3.05, 3.63) is 52.8 Å². The van der Waals surface area contributed by atoms with E-state index in [2.05, 4.69) is 20.9 Å². The maximum absolute atomic E-state index is 11.0. The Labute approximate surface area is 121 Å². The number of halogens is 1. The molecule has 2 aromatic heterocycles. The first-order valence-electron chi connectivity index (χ1n) is 5.68. The molecule has 0 fully saturated rings. The van der Waals surface area contributed by atoms with Crippen LogP contribution in [-0.4, -0.2) is 16.1 Å². The molecule has 1 aromatic carbocycles. The molecule has 0 saturated carbocycles. The van der Waals surface area contributed by atoms with Crippen LogP contribution in [0.5, 0.6) is 11.6 Å². The summed E-state index contributed by atoms with van der Waals surface area (Å²) in [6.07, 6.45) is 3.11. The van der Waals surface area contributed by atoms with Crippen LogP contribution >= 0.6 is 15.9 Å². The minimum absolute atomic E-state index is 0.141. The molecule has 0 unspecified atom stereocenters. The molecule has 0 aliphatic carbocycles. The molecule has 5 nitrogen and oxygen atoms in total. The number of benzene rings is 1. The van der Waals surface area contributed by atoms with Gasteiger partial charge in [0.25, 0.3) is 0 Å². The van der Waals surface area contributed by atoms with Gasteiger partial charge in [-0.1, -0.05) is 0 Å². The van der Waals surface area contributed by atoms with Gasteiger partial charge in [-0.05, 0) is 46.3 Å². The van der Waals surface area contributed by atoms with Gasteiger partial charge in [-0.3, -0.25) is 0 Å². The van der Waals surface area contributed by atoms with Crippen LogP contribution in [0.3, 0.4) is 0 Å². The predicted molar refractivity (Wildman–Crippen MR) is 75.2 cm³/mol. The highest BCUT2D eigenvalue weighted by molar-refractivity contribution is 9.10. The average Bonchev–Trinajstić information content (AvgIpc) is 2.90. The Morgan fingerprint density at radius 2 is 2.15 bits per heavy atom. The summed E-state index contributed by atoms with van der Waals surface area (Å²) < 4.78 is 11.6. The summed E-state index contributed by atoms with van der Waals surface area (Å²) in [5.41, 5.74) is 0.795. The monoisotopic (exact) mass is 333 g/mol. The number of carbonyl (C=O) groups is 1. The average molecular weight is 334 g/mol. The second kappa shape index (κ2) is 4.97. The van der Waals surface area contributed by atoms with E-state index in [0.29, 0.717) is 21.7 Å². The van der Waals surface area contributed by atoms with Gasteiger partial charge in [0.15, 0.2) is 0 Å². The van der Waals surface area contributed by atoms with Crippen molar-refractivity contribution in [1.29, 1.82) is 0 Å². The Kier molecular flexibility index (Phi) is 3.15. The lowest BCUT2D eigenvalue weighted by Gasteiger charge is -2.08. The van der Waals surface area contributed by atoms with E-state index in [-0.39, 0.29) is 5.56 Å². The van der Waals surface area contributed by atoms with Crippen LogP contribution < -0.4 is 4.74 Å². The second-order valence-electron chi connectivity index (χ2n) is 4.00. The fourth-order valence-corrected chi connectivity index (χ4v) is 2.10. The molecular formula is C14H8BrNO4. The quantitative estimate of drug-likeness (QED) is 0.781. The first-order valence-corrected chi connectivity index (χ1v) is 6.47. The minimum Gasteiger partial charge on any atom is -0.478 e. The molecule has 0 aliphatic heterocycles. The van der Waals surface area contributed by atoms with E-state index in [4.69, 9.17) is 14.3 Å². The number of hydrogen-bond donors (Lipinski definition) is 1. The number of carboxylic acids is 1. The first-order chi connectivity index (χ1) is 9.65. The van der Waals surface area contributed by atoms with E-state index in [1.807, 2.05) is 0 Å². The topological polar surface area (TPSA) is 72.6 Å². The largest absolute Gasteiger partial charge is 0.478 e. The molecule has 20 heavy (non-hydrogen) atoms. The zero-order valence-corrected chi connectivity index (χ0v) is 11.6. The fourth-order valence-electron chi connectivity index (χ4n) is 1.77. The van der Waals surface area contributed by atoms with Gasteiger partial charge in [-0.2, -0.15) is 0 Å². The molecule has 100 valence electrons. The lowest BCUT2D eigenvalue weighted by molar-refractivity contribution is 0.0696. The van der Waals surface area contributed by atoms with Crippen LogP contribution in [0.25, 0.3) is 11.0 Å². The van der Waals surface area contributed by atoms with Gasteiger partial charge in [0.1, 0.15) is 11.3 Å². The van der Waals surface area contributed by atoms with Gasteiger partial charge in [-0.25, -0.2) is 9.78 Å². The van der Waals surface area contributed by atoms with Crippen LogP contribution in [0, 0.1) is 0 Å². The van der Waals surface area contributed by atoms with Crippen molar-refractivity contribution < 1.29 is 19.1 Å². The second-order valence-corrected chi connectivity index (χ2v) is 4.86. The number of carboxylic acid groups (broad SMARTS) is 1. The molecule has 0 amide bonds. The van der Waals surface area contributed by atoms with Crippen LogP contribution in [0.1, 0.15) is 10.4 Å². The van der Waals surface area contributed by atoms with Gasteiger partial charge in [0.05, 0.1) is 21.7 Å². The Morgan fingerprint density at radius 1 is 1.30 bits per heavy atom. The SMILES string of the molecule is O=C(O)c1ccc(Br)c(Oc2nccc3occc23)c1. The highest BCUT2D eigenvalue weighted by Gasteiger charge is 2.12. The number of furan rings is 1. The van der Waals surface area contributed by atoms with Gasteiger partial charge in [-0.15, -0.1) is 0 Å². The molecule has 3 rings (SSSR count). The third-order valence-corrected chi connectivity index (χ3v) is 3.38. The molecule has 3 aromatic rings. The maximum atomic E-state index is 11.0. The molecule has 0 spiro atoms. The number of ether oxygens (including phenoxy) is 1. The number of nitrogens with zero attached hydrogens (tertiary/aromatic N) is 1. The number of pyridine rings is 1. The molecule has 0 saturated heterocycles. The van der Waals surface area contributed by atoms with Crippen molar-refractivity contribution in [1.82, 2.24) is 4.98 Å². The van der Waals surface area contributed by atoms with E-state index in [1.54, 1.807) is 30.7 Å². The van der Waals surface area contributed by atoms with Crippen molar-refractivity contribution in [2.45, 2.75) is 0 Å². The highest BCUT2D eigenvalue weighted by Crippen LogP contribution is 2.33. The van der Waals surface area contributed by atoms with Crippen molar-refractivity contribution in [3.63, 3.8) is 0 Å². The molecular weight excluding hydrogens is 326 g/mol. The third kappa shape index (κ3) is 2.25. The number of aromatic nitrogens is 1. The summed E-state index contributed by atoms with van der Waals surface area (Å²) in [7, 11) is 0. The number of fused-ring (bicyclic) bond motifs is 1. The van der Waals surface area contributed by atoms with E-state index in [9.17, 15) is 4.79 Å². The van der Waals surface area contributed by atoms with Crippen LogP contribution in [0.4, 0.5) is 0 Å². The summed E-state index contributed by atoms with van der Waals surface area (Å²) in [5, 5.41) is 9.73. The van der Waals surface area contributed by atoms with E-state index >= 15 is 0 Å². The van der Waals surface area contributed by atoms with Crippen molar-refractivity contribution in [2.75, 3.05) is 0 Å². The van der Waals surface area contributed by atoms with Gasteiger partial charge >= 0.3 is 5.97 Å². The summed E-state index contributed by atoms with van der Waals surface area (Å²) in [6.45, 7) is 0. The van der Waals surface area contributed by atoms with Gasteiger partial charge in [0.2, 0.25) is 5.88 Å². The van der Waals surface area contributed by atoms with Gasteiger partial charge in [0, 0.05) is 6.20 Å². The van der Waals surface area contributed by atoms with Crippen molar-refractivity contribution in [3.8, 4) is 11.6 Å². The van der Waals surface area contributed by atoms with Crippen LogP contribution in [0.15, 0.2) is 51.7 Å². The summed E-state index contributed by atoms with van der Waals surface area (Å²) >= 11 is 3.32. The Hall–Kier alpha value is -2.34. The summed E-state index contributed by atoms with van der Waals surface area (Å²) in [4.78, 5) is 15.1. The highest BCUT2D eigenvalue weighted by atomic mass is 79.9. The Balaban J connectivity index is 2.04. The molecule has 6 heteroatoms. The summed E-state index contributed by atoms with van der Waals surface area (Å²) in [5.74, 6) is -0.276. The lowest BCUT2D eigenvalue weighted by Crippen LogP contribution is -1.97. The molecule has 0 aliphatic rings. The molecule has 1 N–H and O–H groups in total. The first kappa shape index (κ1) is 12.7. The normalized spacial score (nSPS) is 10.7. The van der Waals surface area contributed by atoms with Gasteiger partial charge < -0.3 is 14.3 Å². The number of hydrogen-bond acceptors (Lipinski definition) is 4. The zero-order valence-electron chi connectivity index (χ0n) is 10.0. The predicted octanol–water partition coefficient (Wildman–Crippen LogP) is 4.08. The fraction of sp³-hybridized carbons (Fsp3) is 0. The smallest absolute Gasteiger partial charge is 0.335 e. The molecule has 0 radical (unpaired) electrons. The minimum atomic E-state index is -1.02. The van der Waals surface area contributed by atoms with Crippen LogP contribution in [0.2, 0.25) is 0 Å². The molecule has 0 bridgehead atoms. The van der Waals surface area contributed by atoms with E-state index in [0.717, 1.165) is 5.39 Å². The standard InChI is InChI=1S/C14H8BrNO4/c15-10-2-1-8(14(17)18)7-12(10)20-13-9-4-6-19-11(9)3-5-16-13/h1-7H,(H,17,18). The third-order valence-electron chi connectivity index (χ3n) is 2.73. The number of aromatic carboxylic acids is 1. The Morgan fingerprint density at radius 3 is 2.95 bits per heavy atom. The van der Waals surface area contributed by atoms with Crippen molar-refractivity contribution >= 4 is 32.9 Å². The molecule has 0 atom stereocenters. The Bertz CT molecular complexity index is 797. The maximum Gasteiger partial charge on any atom is 0.335 e. The van der Waals surface area contributed by atoms with Crippen LogP contribution in [-0.2, 0) is 0 Å². The van der Waals surface area contributed by atoms with E-state index < -0.39 is 5.97 Å². The summed E-state index contributed by atoms with van der Waals surface area (Å²) in [6, 6.07) is 8.02. The zero-order chi connectivity index (χ0) is 14.1. The number of rotatable bonds is 3. The van der Waals surface area contributed by atoms with E-state index in [1.165, 1.54) is 12.1 Å². The van der Waals surface area contributed by atoms with Crippen molar-refractivity contribution in [2.24, 2.45) is 0 Å². The molecule has 2 heterocycles. The lowest BCUT2D eigenvalue weighted by atomic mass is 10.2.